The first-order chi connectivity index (χ1) is 11.7. The number of hydrogen-bond donors (Lipinski definition) is 0. The monoisotopic (exact) mass is 334 g/mol. The van der Waals surface area contributed by atoms with Crippen LogP contribution in [0.25, 0.3) is 0 Å². The molecule has 0 bridgehead atoms. The standard InChI is InChI=1S/C18H20F2N2O2/c19-18(20)24-17-6-2-1-4-14(17)13-22-10-7-15(8-11-22)23-16-5-3-9-21-12-16/h1-6,9,12,15,18H,7-8,10-11,13H2. The number of halogens is 2. The van der Waals surface area contributed by atoms with Crippen molar-refractivity contribution in [2.24, 2.45) is 0 Å². The Morgan fingerprint density at radius 3 is 2.62 bits per heavy atom. The highest BCUT2D eigenvalue weighted by atomic mass is 19.3. The van der Waals surface area contributed by atoms with Gasteiger partial charge in [-0.25, -0.2) is 0 Å². The molecule has 0 N–H and O–H groups in total. The van der Waals surface area contributed by atoms with Crippen molar-refractivity contribution >= 4 is 0 Å². The molecule has 0 unspecified atom stereocenters. The van der Waals surface area contributed by atoms with Gasteiger partial charge in [0.05, 0.1) is 6.20 Å². The van der Waals surface area contributed by atoms with E-state index in [1.807, 2.05) is 24.3 Å². The summed E-state index contributed by atoms with van der Waals surface area (Å²) < 4.78 is 35.5. The van der Waals surface area contributed by atoms with Gasteiger partial charge in [-0.3, -0.25) is 9.88 Å². The lowest BCUT2D eigenvalue weighted by Crippen LogP contribution is -2.37. The molecule has 4 nitrogen and oxygen atoms in total. The fourth-order valence-electron chi connectivity index (χ4n) is 2.88. The van der Waals surface area contributed by atoms with Gasteiger partial charge in [0.15, 0.2) is 0 Å². The summed E-state index contributed by atoms with van der Waals surface area (Å²) in [6.07, 6.45) is 5.39. The Bertz CT molecular complexity index is 632. The van der Waals surface area contributed by atoms with Crippen LogP contribution in [-0.4, -0.2) is 35.7 Å². The number of para-hydroxylation sites is 1. The zero-order valence-electron chi connectivity index (χ0n) is 13.3. The number of hydrogen-bond acceptors (Lipinski definition) is 4. The molecule has 3 rings (SSSR count). The molecule has 1 saturated heterocycles. The Labute approximate surface area is 140 Å². The normalized spacial score (nSPS) is 16.3. The van der Waals surface area contributed by atoms with Gasteiger partial charge in [-0.15, -0.1) is 0 Å². The molecular formula is C18H20F2N2O2. The van der Waals surface area contributed by atoms with Gasteiger partial charge in [0, 0.05) is 31.4 Å². The molecule has 0 aliphatic carbocycles. The van der Waals surface area contributed by atoms with Gasteiger partial charge in [-0.05, 0) is 31.0 Å². The molecule has 1 fully saturated rings. The summed E-state index contributed by atoms with van der Waals surface area (Å²) in [4.78, 5) is 6.28. The van der Waals surface area contributed by atoms with Crippen molar-refractivity contribution in [1.29, 1.82) is 0 Å². The first kappa shape index (κ1) is 16.6. The largest absolute Gasteiger partial charge is 0.489 e. The van der Waals surface area contributed by atoms with Crippen LogP contribution in [0.3, 0.4) is 0 Å². The lowest BCUT2D eigenvalue weighted by Gasteiger charge is -2.32. The number of benzene rings is 1. The minimum atomic E-state index is -2.80. The van der Waals surface area contributed by atoms with E-state index in [0.29, 0.717) is 6.54 Å². The number of ether oxygens (including phenoxy) is 2. The summed E-state index contributed by atoms with van der Waals surface area (Å²) >= 11 is 0. The van der Waals surface area contributed by atoms with E-state index in [1.54, 1.807) is 24.5 Å². The Hall–Kier alpha value is -2.21. The topological polar surface area (TPSA) is 34.6 Å². The summed E-state index contributed by atoms with van der Waals surface area (Å²) in [6, 6.07) is 10.7. The number of piperidine rings is 1. The van der Waals surface area contributed by atoms with E-state index in [0.717, 1.165) is 37.2 Å². The van der Waals surface area contributed by atoms with Crippen LogP contribution in [0.2, 0.25) is 0 Å². The molecule has 1 aliphatic heterocycles. The van der Waals surface area contributed by atoms with Crippen LogP contribution in [0.15, 0.2) is 48.8 Å². The molecule has 0 atom stereocenters. The third kappa shape index (κ3) is 4.64. The lowest BCUT2D eigenvalue weighted by atomic mass is 10.1. The Kier molecular flexibility index (Phi) is 5.59. The second-order valence-corrected chi connectivity index (χ2v) is 5.77. The van der Waals surface area contributed by atoms with Crippen LogP contribution >= 0.6 is 0 Å². The molecule has 24 heavy (non-hydrogen) atoms. The third-order valence-electron chi connectivity index (χ3n) is 4.05. The second-order valence-electron chi connectivity index (χ2n) is 5.77. The predicted molar refractivity (Wildman–Crippen MR) is 86.2 cm³/mol. The van der Waals surface area contributed by atoms with E-state index in [9.17, 15) is 8.78 Å². The Morgan fingerprint density at radius 1 is 1.12 bits per heavy atom. The molecule has 0 saturated carbocycles. The van der Waals surface area contributed by atoms with Gasteiger partial charge in [-0.1, -0.05) is 18.2 Å². The van der Waals surface area contributed by atoms with Crippen molar-refractivity contribution in [3.63, 3.8) is 0 Å². The highest BCUT2D eigenvalue weighted by molar-refractivity contribution is 5.33. The van der Waals surface area contributed by atoms with Gasteiger partial charge < -0.3 is 9.47 Å². The first-order valence-corrected chi connectivity index (χ1v) is 8.02. The number of rotatable bonds is 6. The van der Waals surface area contributed by atoms with E-state index in [-0.39, 0.29) is 11.9 Å². The molecule has 1 aromatic carbocycles. The summed E-state index contributed by atoms with van der Waals surface area (Å²) in [7, 11) is 0. The van der Waals surface area contributed by atoms with Gasteiger partial charge in [0.2, 0.25) is 0 Å². The molecule has 0 spiro atoms. The van der Waals surface area contributed by atoms with Crippen molar-refractivity contribution < 1.29 is 18.3 Å². The van der Waals surface area contributed by atoms with Crippen molar-refractivity contribution in [1.82, 2.24) is 9.88 Å². The van der Waals surface area contributed by atoms with Crippen LogP contribution in [-0.2, 0) is 6.54 Å². The maximum absolute atomic E-state index is 12.5. The van der Waals surface area contributed by atoms with Crippen molar-refractivity contribution in [2.75, 3.05) is 13.1 Å². The molecule has 0 amide bonds. The fourth-order valence-corrected chi connectivity index (χ4v) is 2.88. The minimum absolute atomic E-state index is 0.165. The number of nitrogens with zero attached hydrogens (tertiary/aromatic N) is 2. The fraction of sp³-hybridized carbons (Fsp3) is 0.389. The summed E-state index contributed by atoms with van der Waals surface area (Å²) in [5.41, 5.74) is 0.782. The van der Waals surface area contributed by atoms with Gasteiger partial charge in [0.25, 0.3) is 0 Å². The molecule has 1 aromatic heterocycles. The average molecular weight is 334 g/mol. The summed E-state index contributed by atoms with van der Waals surface area (Å²) in [5, 5.41) is 0. The number of aromatic nitrogens is 1. The maximum Gasteiger partial charge on any atom is 0.387 e. The number of alkyl halides is 2. The zero-order valence-corrected chi connectivity index (χ0v) is 13.3. The lowest BCUT2D eigenvalue weighted by molar-refractivity contribution is -0.0508. The molecule has 6 heteroatoms. The SMILES string of the molecule is FC(F)Oc1ccccc1CN1CCC(Oc2cccnc2)CC1. The summed E-state index contributed by atoms with van der Waals surface area (Å²) in [5.74, 6) is 1.04. The van der Waals surface area contributed by atoms with Crippen molar-refractivity contribution in [3.05, 3.63) is 54.4 Å². The summed E-state index contributed by atoms with van der Waals surface area (Å²) in [6.45, 7) is -0.491. The Balaban J connectivity index is 1.52. The van der Waals surface area contributed by atoms with Crippen molar-refractivity contribution in [2.45, 2.75) is 32.1 Å². The van der Waals surface area contributed by atoms with Crippen LogP contribution in [0.4, 0.5) is 8.78 Å². The molecule has 0 radical (unpaired) electrons. The molecular weight excluding hydrogens is 314 g/mol. The van der Waals surface area contributed by atoms with Crippen molar-refractivity contribution in [3.8, 4) is 11.5 Å². The van der Waals surface area contributed by atoms with E-state index >= 15 is 0 Å². The first-order valence-electron chi connectivity index (χ1n) is 8.02. The van der Waals surface area contributed by atoms with Gasteiger partial charge in [0.1, 0.15) is 17.6 Å². The maximum atomic E-state index is 12.5. The average Bonchev–Trinajstić information content (AvgIpc) is 2.59. The molecule has 1 aliphatic rings. The van der Waals surface area contributed by atoms with Crippen LogP contribution in [0.5, 0.6) is 11.5 Å². The quantitative estimate of drug-likeness (QED) is 0.806. The zero-order chi connectivity index (χ0) is 16.8. The van der Waals surface area contributed by atoms with Crippen LogP contribution in [0.1, 0.15) is 18.4 Å². The third-order valence-corrected chi connectivity index (χ3v) is 4.05. The number of pyridine rings is 1. The van der Waals surface area contributed by atoms with Crippen LogP contribution in [0, 0.1) is 0 Å². The van der Waals surface area contributed by atoms with E-state index < -0.39 is 6.61 Å². The molecule has 128 valence electrons. The molecule has 2 heterocycles. The van der Waals surface area contributed by atoms with E-state index in [4.69, 9.17) is 4.74 Å². The van der Waals surface area contributed by atoms with Gasteiger partial charge in [-0.2, -0.15) is 8.78 Å². The van der Waals surface area contributed by atoms with Gasteiger partial charge >= 0.3 is 6.61 Å². The minimum Gasteiger partial charge on any atom is -0.489 e. The predicted octanol–water partition coefficient (Wildman–Crippen LogP) is 3.73. The van der Waals surface area contributed by atoms with E-state index in [1.165, 1.54) is 0 Å². The molecule has 2 aromatic rings. The Morgan fingerprint density at radius 2 is 1.92 bits per heavy atom. The highest BCUT2D eigenvalue weighted by Crippen LogP contribution is 2.24. The smallest absolute Gasteiger partial charge is 0.387 e. The highest BCUT2D eigenvalue weighted by Gasteiger charge is 2.21. The van der Waals surface area contributed by atoms with E-state index in [2.05, 4.69) is 14.6 Å². The number of likely N-dealkylation sites (tertiary alicyclic amines) is 1. The van der Waals surface area contributed by atoms with Crippen LogP contribution < -0.4 is 9.47 Å². The second kappa shape index (κ2) is 8.06.